The van der Waals surface area contributed by atoms with Crippen LogP contribution in [0.2, 0.25) is 5.02 Å². The van der Waals surface area contributed by atoms with Gasteiger partial charge < -0.3 is 14.9 Å². The number of carbonyl (C=O) groups is 1. The van der Waals surface area contributed by atoms with Crippen molar-refractivity contribution in [1.82, 2.24) is 15.0 Å². The summed E-state index contributed by atoms with van der Waals surface area (Å²) in [5.41, 5.74) is 0.105. The van der Waals surface area contributed by atoms with Gasteiger partial charge in [-0.05, 0) is 24.3 Å². The minimum Gasteiger partial charge on any atom is -0.487 e. The minimum atomic E-state index is -1.19. The van der Waals surface area contributed by atoms with Gasteiger partial charge in [0.1, 0.15) is 18.1 Å². The number of rotatable bonds is 6. The highest BCUT2D eigenvalue weighted by molar-refractivity contribution is 6.30. The number of halogens is 1. The van der Waals surface area contributed by atoms with Crippen molar-refractivity contribution in [1.29, 1.82) is 0 Å². The van der Waals surface area contributed by atoms with Crippen LogP contribution in [-0.2, 0) is 13.2 Å². The van der Waals surface area contributed by atoms with Gasteiger partial charge in [0, 0.05) is 5.02 Å². The molecule has 2 aromatic rings. The van der Waals surface area contributed by atoms with Crippen LogP contribution in [-0.4, -0.2) is 37.8 Å². The summed E-state index contributed by atoms with van der Waals surface area (Å²) in [7, 11) is 0. The monoisotopic (exact) mass is 297 g/mol. The lowest BCUT2D eigenvalue weighted by molar-refractivity contribution is 0.0687. The first-order valence-corrected chi connectivity index (χ1v) is 6.14. The van der Waals surface area contributed by atoms with Gasteiger partial charge in [0.15, 0.2) is 5.69 Å². The number of hydrogen-bond donors (Lipinski definition) is 2. The molecule has 1 aromatic carbocycles. The van der Waals surface area contributed by atoms with E-state index >= 15 is 0 Å². The average molecular weight is 298 g/mol. The van der Waals surface area contributed by atoms with Crippen molar-refractivity contribution in [2.24, 2.45) is 0 Å². The van der Waals surface area contributed by atoms with Crippen LogP contribution < -0.4 is 4.74 Å². The van der Waals surface area contributed by atoms with E-state index in [1.165, 1.54) is 4.68 Å². The van der Waals surface area contributed by atoms with E-state index in [1.807, 2.05) is 0 Å². The topological polar surface area (TPSA) is 97.5 Å². The third kappa shape index (κ3) is 3.25. The molecule has 1 heterocycles. The zero-order valence-corrected chi connectivity index (χ0v) is 11.1. The predicted octanol–water partition coefficient (Wildman–Crippen LogP) is 1.20. The molecule has 0 saturated carbocycles. The van der Waals surface area contributed by atoms with Crippen LogP contribution >= 0.6 is 11.6 Å². The number of nitrogens with zero attached hydrogens (tertiary/aromatic N) is 3. The number of aromatic nitrogens is 3. The molecule has 0 radical (unpaired) electrons. The lowest BCUT2D eigenvalue weighted by Crippen LogP contribution is -2.13. The molecule has 2 rings (SSSR count). The summed E-state index contributed by atoms with van der Waals surface area (Å²) in [5.74, 6) is -0.647. The van der Waals surface area contributed by atoms with Gasteiger partial charge in [-0.3, -0.25) is 0 Å². The first-order valence-electron chi connectivity index (χ1n) is 5.76. The molecule has 0 saturated heterocycles. The molecule has 0 aliphatic carbocycles. The quantitative estimate of drug-likeness (QED) is 0.831. The average Bonchev–Trinajstić information content (AvgIpc) is 2.82. The van der Waals surface area contributed by atoms with Crippen molar-refractivity contribution in [2.75, 3.05) is 6.61 Å². The highest BCUT2D eigenvalue weighted by Crippen LogP contribution is 2.17. The molecule has 7 nitrogen and oxygen atoms in total. The summed E-state index contributed by atoms with van der Waals surface area (Å²) in [6, 6.07) is 6.67. The third-order valence-corrected chi connectivity index (χ3v) is 2.79. The van der Waals surface area contributed by atoms with Gasteiger partial charge in [-0.25, -0.2) is 9.48 Å². The van der Waals surface area contributed by atoms with Crippen LogP contribution in [0.5, 0.6) is 5.75 Å². The Morgan fingerprint density at radius 3 is 2.65 bits per heavy atom. The second-order valence-electron chi connectivity index (χ2n) is 3.88. The number of benzene rings is 1. The normalized spacial score (nSPS) is 10.5. The fourth-order valence-corrected chi connectivity index (χ4v) is 1.72. The molecule has 0 fully saturated rings. The number of carboxylic acids is 1. The van der Waals surface area contributed by atoms with Crippen LogP contribution in [0.1, 0.15) is 16.2 Å². The molecule has 0 spiro atoms. The highest BCUT2D eigenvalue weighted by atomic mass is 35.5. The fourth-order valence-electron chi connectivity index (χ4n) is 1.60. The number of carboxylic acid groups (broad SMARTS) is 1. The van der Waals surface area contributed by atoms with Crippen molar-refractivity contribution >= 4 is 17.6 Å². The second-order valence-corrected chi connectivity index (χ2v) is 4.32. The standard InChI is InChI=1S/C12H12ClN3O4/c13-8-1-3-9(4-2-8)20-7-10-11(12(18)19)14-15-16(10)5-6-17/h1-4,17H,5-7H2,(H,18,19). The maximum Gasteiger partial charge on any atom is 0.358 e. The van der Waals surface area contributed by atoms with Crippen molar-refractivity contribution in [2.45, 2.75) is 13.2 Å². The van der Waals surface area contributed by atoms with Crippen molar-refractivity contribution in [3.8, 4) is 5.75 Å². The first-order chi connectivity index (χ1) is 9.61. The van der Waals surface area contributed by atoms with Gasteiger partial charge in [-0.1, -0.05) is 16.8 Å². The van der Waals surface area contributed by atoms with Gasteiger partial charge in [-0.15, -0.1) is 5.10 Å². The summed E-state index contributed by atoms with van der Waals surface area (Å²) in [6.07, 6.45) is 0. The third-order valence-electron chi connectivity index (χ3n) is 2.54. The molecule has 20 heavy (non-hydrogen) atoms. The molecule has 8 heteroatoms. The number of aliphatic hydroxyl groups excluding tert-OH is 1. The van der Waals surface area contributed by atoms with Crippen molar-refractivity contribution in [3.05, 3.63) is 40.7 Å². The Morgan fingerprint density at radius 1 is 1.35 bits per heavy atom. The van der Waals surface area contributed by atoms with Gasteiger partial charge in [0.05, 0.1) is 13.2 Å². The largest absolute Gasteiger partial charge is 0.487 e. The van der Waals surface area contributed by atoms with E-state index in [9.17, 15) is 4.79 Å². The van der Waals surface area contributed by atoms with E-state index in [0.717, 1.165) is 0 Å². The summed E-state index contributed by atoms with van der Waals surface area (Å²) in [6.45, 7) is -0.0355. The number of aliphatic hydroxyl groups is 1. The first kappa shape index (κ1) is 14.3. The predicted molar refractivity (Wildman–Crippen MR) is 69.9 cm³/mol. The molecule has 0 aliphatic rings. The molecule has 1 aromatic heterocycles. The van der Waals surface area contributed by atoms with Crippen LogP contribution in [0.15, 0.2) is 24.3 Å². The van der Waals surface area contributed by atoms with E-state index in [0.29, 0.717) is 16.5 Å². The Balaban J connectivity index is 2.16. The van der Waals surface area contributed by atoms with Crippen LogP contribution in [0, 0.1) is 0 Å². The van der Waals surface area contributed by atoms with E-state index < -0.39 is 5.97 Å². The second kappa shape index (κ2) is 6.36. The molecular weight excluding hydrogens is 286 g/mol. The van der Waals surface area contributed by atoms with E-state index in [2.05, 4.69) is 10.3 Å². The molecule has 106 valence electrons. The summed E-state index contributed by atoms with van der Waals surface area (Å²) in [4.78, 5) is 11.0. The number of hydrogen-bond acceptors (Lipinski definition) is 5. The zero-order valence-electron chi connectivity index (χ0n) is 10.4. The summed E-state index contributed by atoms with van der Waals surface area (Å²) < 4.78 is 6.78. The smallest absolute Gasteiger partial charge is 0.358 e. The Morgan fingerprint density at radius 2 is 2.05 bits per heavy atom. The van der Waals surface area contributed by atoms with Crippen LogP contribution in [0.3, 0.4) is 0 Å². The van der Waals surface area contributed by atoms with Crippen molar-refractivity contribution < 1.29 is 19.7 Å². The molecule has 0 aliphatic heterocycles. The Labute approximate surface area is 119 Å². The number of aromatic carboxylic acids is 1. The summed E-state index contributed by atoms with van der Waals surface area (Å²) >= 11 is 5.76. The molecule has 0 bridgehead atoms. The van der Waals surface area contributed by atoms with Gasteiger partial charge in [-0.2, -0.15) is 0 Å². The molecule has 0 atom stereocenters. The molecule has 0 amide bonds. The lowest BCUT2D eigenvalue weighted by Gasteiger charge is -2.08. The SMILES string of the molecule is O=C(O)c1nnn(CCO)c1COc1ccc(Cl)cc1. The Hall–Kier alpha value is -2.12. The molecule has 0 unspecified atom stereocenters. The highest BCUT2D eigenvalue weighted by Gasteiger charge is 2.19. The van der Waals surface area contributed by atoms with Gasteiger partial charge >= 0.3 is 5.97 Å². The molecular formula is C12H12ClN3O4. The van der Waals surface area contributed by atoms with Gasteiger partial charge in [0.25, 0.3) is 0 Å². The zero-order chi connectivity index (χ0) is 14.5. The number of ether oxygens (including phenoxy) is 1. The molecule has 2 N–H and O–H groups in total. The van der Waals surface area contributed by atoms with E-state index in [1.54, 1.807) is 24.3 Å². The van der Waals surface area contributed by atoms with E-state index in [-0.39, 0.29) is 25.5 Å². The van der Waals surface area contributed by atoms with Crippen LogP contribution in [0.25, 0.3) is 0 Å². The Bertz CT molecular complexity index is 597. The maximum atomic E-state index is 11.0. The van der Waals surface area contributed by atoms with E-state index in [4.69, 9.17) is 26.6 Å². The summed E-state index contributed by atoms with van der Waals surface area (Å²) in [5, 5.41) is 25.8. The lowest BCUT2D eigenvalue weighted by atomic mass is 10.3. The minimum absolute atomic E-state index is 0.0176. The Kier molecular flexibility index (Phi) is 4.54. The maximum absolute atomic E-state index is 11.0. The fraction of sp³-hybridized carbons (Fsp3) is 0.250. The van der Waals surface area contributed by atoms with Gasteiger partial charge in [0.2, 0.25) is 0 Å². The van der Waals surface area contributed by atoms with Crippen LogP contribution in [0.4, 0.5) is 0 Å². The van der Waals surface area contributed by atoms with Crippen molar-refractivity contribution in [3.63, 3.8) is 0 Å².